The van der Waals surface area contributed by atoms with Crippen LogP contribution in [0, 0.1) is 0 Å². The van der Waals surface area contributed by atoms with Gasteiger partial charge < -0.3 is 5.32 Å². The number of nitrogens with one attached hydrogen (secondary N) is 1. The molecule has 0 aliphatic rings. The summed E-state index contributed by atoms with van der Waals surface area (Å²) in [7, 11) is 0. The van der Waals surface area contributed by atoms with Gasteiger partial charge in [0.25, 0.3) is 0 Å². The van der Waals surface area contributed by atoms with Crippen LogP contribution < -0.4 is 5.32 Å². The number of pyridine rings is 1. The molecule has 1 amide bonds. The van der Waals surface area contributed by atoms with Gasteiger partial charge in [-0.3, -0.25) is 4.79 Å². The van der Waals surface area contributed by atoms with E-state index in [9.17, 15) is 4.79 Å². The third-order valence-electron chi connectivity index (χ3n) is 1.28. The minimum atomic E-state index is -0.185. The molecular weight excluding hydrogens is 211 g/mol. The predicted octanol–water partition coefficient (Wildman–Crippen LogP) is 2.43. The summed E-state index contributed by atoms with van der Waals surface area (Å²) in [5, 5.41) is 3.04. The van der Waals surface area contributed by atoms with E-state index in [4.69, 9.17) is 23.2 Å². The molecule has 1 rings (SSSR count). The number of hydrogen-bond donors (Lipinski definition) is 1. The first-order chi connectivity index (χ1) is 6.11. The van der Waals surface area contributed by atoms with Crippen molar-refractivity contribution >= 4 is 34.9 Å². The molecule has 0 unspecified atom stereocenters. The van der Waals surface area contributed by atoms with E-state index in [1.807, 2.05) is 0 Å². The number of anilines is 1. The molecule has 0 radical (unpaired) electrons. The Bertz CT molecular complexity index is 328. The van der Waals surface area contributed by atoms with Crippen LogP contribution in [0.4, 0.5) is 5.82 Å². The van der Waals surface area contributed by atoms with Crippen LogP contribution >= 0.6 is 23.2 Å². The number of halogens is 2. The van der Waals surface area contributed by atoms with Crippen molar-refractivity contribution in [2.24, 2.45) is 0 Å². The van der Waals surface area contributed by atoms with Crippen molar-refractivity contribution in [2.75, 3.05) is 5.32 Å². The van der Waals surface area contributed by atoms with E-state index >= 15 is 0 Å². The van der Waals surface area contributed by atoms with Gasteiger partial charge in [0.2, 0.25) is 5.91 Å². The van der Waals surface area contributed by atoms with Crippen LogP contribution in [0.3, 0.4) is 0 Å². The Balaban J connectivity index is 2.94. The number of aromatic nitrogens is 1. The smallest absolute Gasteiger partial charge is 0.222 e. The summed E-state index contributed by atoms with van der Waals surface area (Å²) in [6.07, 6.45) is 0. The molecule has 1 aromatic heterocycles. The molecule has 0 saturated carbocycles. The van der Waals surface area contributed by atoms with Gasteiger partial charge in [0.15, 0.2) is 0 Å². The Morgan fingerprint density at radius 1 is 1.62 bits per heavy atom. The highest BCUT2D eigenvalue weighted by atomic mass is 35.5. The lowest BCUT2D eigenvalue weighted by Crippen LogP contribution is -2.08. The minimum Gasteiger partial charge on any atom is -0.311 e. The van der Waals surface area contributed by atoms with Crippen LogP contribution in [0.5, 0.6) is 0 Å². The molecule has 1 N–H and O–H groups in total. The van der Waals surface area contributed by atoms with Crippen LogP contribution in [0.25, 0.3) is 0 Å². The molecule has 70 valence electrons. The minimum absolute atomic E-state index is 0.185. The zero-order valence-electron chi connectivity index (χ0n) is 6.97. The van der Waals surface area contributed by atoms with Gasteiger partial charge in [-0.25, -0.2) is 4.98 Å². The molecule has 0 spiro atoms. The van der Waals surface area contributed by atoms with Gasteiger partial charge in [0, 0.05) is 11.9 Å². The second kappa shape index (κ2) is 4.44. The van der Waals surface area contributed by atoms with Crippen LogP contribution in [-0.2, 0) is 10.7 Å². The Labute approximate surface area is 86.1 Å². The first-order valence-corrected chi connectivity index (χ1v) is 4.53. The van der Waals surface area contributed by atoms with Crippen molar-refractivity contribution < 1.29 is 4.79 Å². The molecule has 0 saturated heterocycles. The molecule has 0 fully saturated rings. The van der Waals surface area contributed by atoms with Crippen molar-refractivity contribution in [1.82, 2.24) is 4.98 Å². The van der Waals surface area contributed by atoms with E-state index in [-0.39, 0.29) is 11.8 Å². The highest BCUT2D eigenvalue weighted by Gasteiger charge is 2.01. The van der Waals surface area contributed by atoms with Crippen molar-refractivity contribution in [2.45, 2.75) is 12.8 Å². The zero-order chi connectivity index (χ0) is 9.84. The maximum absolute atomic E-state index is 10.7. The van der Waals surface area contributed by atoms with Crippen molar-refractivity contribution in [1.29, 1.82) is 0 Å². The summed E-state index contributed by atoms with van der Waals surface area (Å²) in [5.41, 5.74) is 0.637. The number of alkyl halides is 1. The number of carbonyl (C=O) groups excluding carboxylic acids is 1. The maximum atomic E-state index is 10.7. The monoisotopic (exact) mass is 218 g/mol. The molecule has 1 aromatic rings. The van der Waals surface area contributed by atoms with Crippen LogP contribution in [0.2, 0.25) is 5.02 Å². The summed E-state index contributed by atoms with van der Waals surface area (Å²) in [6.45, 7) is 1.41. The van der Waals surface area contributed by atoms with Crippen LogP contribution in [0.15, 0.2) is 12.1 Å². The topological polar surface area (TPSA) is 42.0 Å². The largest absolute Gasteiger partial charge is 0.311 e. The summed E-state index contributed by atoms with van der Waals surface area (Å²) in [5.74, 6) is 0.513. The molecule has 1 heterocycles. The molecule has 0 aromatic carbocycles. The third kappa shape index (κ3) is 3.20. The van der Waals surface area contributed by atoms with Crippen molar-refractivity contribution in [3.63, 3.8) is 0 Å². The quantitative estimate of drug-likeness (QED) is 0.776. The fourth-order valence-corrected chi connectivity index (χ4v) is 1.23. The van der Waals surface area contributed by atoms with Gasteiger partial charge in [-0.2, -0.15) is 0 Å². The highest BCUT2D eigenvalue weighted by molar-refractivity contribution is 6.31. The standard InChI is InChI=1S/C8H8Cl2N2O/c1-5(13)11-8-3-6(10)2-7(4-9)12-8/h2-3H,4H2,1H3,(H,11,12,13). The van der Waals surface area contributed by atoms with E-state index in [2.05, 4.69) is 10.3 Å². The third-order valence-corrected chi connectivity index (χ3v) is 1.78. The van der Waals surface area contributed by atoms with Gasteiger partial charge in [-0.1, -0.05) is 11.6 Å². The summed E-state index contributed by atoms with van der Waals surface area (Å²) in [4.78, 5) is 14.7. The first-order valence-electron chi connectivity index (χ1n) is 3.62. The maximum Gasteiger partial charge on any atom is 0.222 e. The number of rotatable bonds is 2. The van der Waals surface area contributed by atoms with E-state index in [1.165, 1.54) is 6.92 Å². The summed E-state index contributed by atoms with van der Waals surface area (Å²) >= 11 is 11.3. The Hall–Kier alpha value is -0.800. The van der Waals surface area contributed by atoms with Gasteiger partial charge in [0.05, 0.1) is 11.6 Å². The Morgan fingerprint density at radius 2 is 2.31 bits per heavy atom. The Morgan fingerprint density at radius 3 is 2.85 bits per heavy atom. The molecule has 5 heteroatoms. The van der Waals surface area contributed by atoms with E-state index in [0.717, 1.165) is 0 Å². The van der Waals surface area contributed by atoms with Gasteiger partial charge in [0.1, 0.15) is 5.82 Å². The van der Waals surface area contributed by atoms with Gasteiger partial charge in [-0.05, 0) is 12.1 Å². The first kappa shape index (κ1) is 10.3. The number of nitrogens with zero attached hydrogens (tertiary/aromatic N) is 1. The molecule has 0 bridgehead atoms. The van der Waals surface area contributed by atoms with Crippen molar-refractivity contribution in [3.8, 4) is 0 Å². The van der Waals surface area contributed by atoms with Crippen LogP contribution in [0.1, 0.15) is 12.6 Å². The zero-order valence-corrected chi connectivity index (χ0v) is 8.49. The fourth-order valence-electron chi connectivity index (χ4n) is 0.864. The molecule has 13 heavy (non-hydrogen) atoms. The molecule has 0 atom stereocenters. The normalized spacial score (nSPS) is 9.77. The Kier molecular flexibility index (Phi) is 3.51. The fraction of sp³-hybridized carbons (Fsp3) is 0.250. The van der Waals surface area contributed by atoms with Crippen LogP contribution in [-0.4, -0.2) is 10.9 Å². The van der Waals surface area contributed by atoms with Gasteiger partial charge in [-0.15, -0.1) is 11.6 Å². The van der Waals surface area contributed by atoms with Crippen molar-refractivity contribution in [3.05, 3.63) is 22.8 Å². The lowest BCUT2D eigenvalue weighted by molar-refractivity contribution is -0.114. The molecule has 0 aliphatic heterocycles. The predicted molar refractivity (Wildman–Crippen MR) is 53.1 cm³/mol. The lowest BCUT2D eigenvalue weighted by Gasteiger charge is -2.03. The van der Waals surface area contributed by atoms with E-state index < -0.39 is 0 Å². The van der Waals surface area contributed by atoms with E-state index in [0.29, 0.717) is 16.5 Å². The second-order valence-electron chi connectivity index (χ2n) is 2.48. The van der Waals surface area contributed by atoms with E-state index in [1.54, 1.807) is 12.1 Å². The van der Waals surface area contributed by atoms with Gasteiger partial charge >= 0.3 is 0 Å². The molecule has 0 aliphatic carbocycles. The second-order valence-corrected chi connectivity index (χ2v) is 3.18. The highest BCUT2D eigenvalue weighted by Crippen LogP contribution is 2.16. The summed E-state index contributed by atoms with van der Waals surface area (Å²) < 4.78 is 0. The lowest BCUT2D eigenvalue weighted by atomic mass is 10.3. The SMILES string of the molecule is CC(=O)Nc1cc(Cl)cc(CCl)n1. The molecule has 3 nitrogen and oxygen atoms in total. The molecular formula is C8H8Cl2N2O. The average molecular weight is 219 g/mol. The number of amides is 1. The number of hydrogen-bond acceptors (Lipinski definition) is 2. The average Bonchev–Trinajstić information content (AvgIpc) is 2.01. The summed E-state index contributed by atoms with van der Waals surface area (Å²) in [6, 6.07) is 3.22. The number of carbonyl (C=O) groups is 1.